The summed E-state index contributed by atoms with van der Waals surface area (Å²) in [6, 6.07) is 6.24. The number of hydrogen-bond donors (Lipinski definition) is 0. The molecule has 0 unspecified atom stereocenters. The fraction of sp³-hybridized carbons (Fsp3) is 0.462. The van der Waals surface area contributed by atoms with E-state index in [2.05, 4.69) is 32.0 Å². The van der Waals surface area contributed by atoms with E-state index in [1.807, 2.05) is 6.92 Å². The zero-order valence-corrected chi connectivity index (χ0v) is 9.62. The number of hydrogen-bond acceptors (Lipinski definition) is 2. The molecule has 0 bridgehead atoms. The van der Waals surface area contributed by atoms with E-state index in [9.17, 15) is 4.79 Å². The molecule has 0 saturated heterocycles. The zero-order valence-electron chi connectivity index (χ0n) is 9.62. The Balaban J connectivity index is 2.76. The van der Waals surface area contributed by atoms with Crippen molar-refractivity contribution in [1.29, 1.82) is 0 Å². The molecule has 82 valence electrons. The van der Waals surface area contributed by atoms with Crippen LogP contribution in [0, 0.1) is 6.92 Å². The maximum absolute atomic E-state index is 10.2. The second-order valence-corrected chi connectivity index (χ2v) is 3.98. The first-order chi connectivity index (χ1) is 7.15. The van der Waals surface area contributed by atoms with Gasteiger partial charge in [-0.1, -0.05) is 26.0 Å². The van der Waals surface area contributed by atoms with Crippen LogP contribution in [-0.2, 0) is 4.79 Å². The van der Waals surface area contributed by atoms with Gasteiger partial charge in [0.05, 0.1) is 6.61 Å². The minimum atomic E-state index is 0.450. The Labute approximate surface area is 91.3 Å². The number of carbonyl (C=O) groups excluding carboxylic acids is 1. The molecule has 0 amide bonds. The largest absolute Gasteiger partial charge is 0.493 e. The highest BCUT2D eigenvalue weighted by molar-refractivity contribution is 5.49. The molecule has 0 aliphatic heterocycles. The third-order valence-electron chi connectivity index (χ3n) is 2.37. The first-order valence-corrected chi connectivity index (χ1v) is 5.32. The summed E-state index contributed by atoms with van der Waals surface area (Å²) in [5, 5.41) is 0. The minimum absolute atomic E-state index is 0.450. The Morgan fingerprint density at radius 2 is 2.13 bits per heavy atom. The van der Waals surface area contributed by atoms with Crippen molar-refractivity contribution in [3.05, 3.63) is 29.3 Å². The lowest BCUT2D eigenvalue weighted by Gasteiger charge is -2.11. The molecule has 0 atom stereocenters. The third-order valence-corrected chi connectivity index (χ3v) is 2.37. The molecule has 1 aromatic rings. The lowest BCUT2D eigenvalue weighted by atomic mass is 10.0. The van der Waals surface area contributed by atoms with E-state index in [1.165, 1.54) is 5.56 Å². The maximum atomic E-state index is 10.2. The van der Waals surface area contributed by atoms with Gasteiger partial charge >= 0.3 is 0 Å². The number of benzene rings is 1. The summed E-state index contributed by atoms with van der Waals surface area (Å²) in [6.07, 6.45) is 1.33. The topological polar surface area (TPSA) is 26.3 Å². The summed E-state index contributed by atoms with van der Waals surface area (Å²) >= 11 is 0. The van der Waals surface area contributed by atoms with Gasteiger partial charge in [-0.2, -0.15) is 0 Å². The monoisotopic (exact) mass is 206 g/mol. The van der Waals surface area contributed by atoms with Crippen LogP contribution in [0.15, 0.2) is 18.2 Å². The second-order valence-electron chi connectivity index (χ2n) is 3.98. The van der Waals surface area contributed by atoms with Crippen LogP contribution in [0.4, 0.5) is 0 Å². The molecule has 0 N–H and O–H groups in total. The van der Waals surface area contributed by atoms with Crippen molar-refractivity contribution >= 4 is 6.29 Å². The number of rotatable bonds is 5. The van der Waals surface area contributed by atoms with Crippen LogP contribution in [0.25, 0.3) is 0 Å². The van der Waals surface area contributed by atoms with Crippen molar-refractivity contribution in [2.45, 2.75) is 33.1 Å². The molecule has 0 radical (unpaired) electrons. The highest BCUT2D eigenvalue weighted by Gasteiger charge is 2.04. The number of ether oxygens (including phenoxy) is 1. The smallest absolute Gasteiger partial charge is 0.123 e. The van der Waals surface area contributed by atoms with Gasteiger partial charge in [-0.15, -0.1) is 0 Å². The van der Waals surface area contributed by atoms with Crippen LogP contribution in [0.2, 0.25) is 0 Å². The van der Waals surface area contributed by atoms with Crippen LogP contribution in [0.3, 0.4) is 0 Å². The quantitative estimate of drug-likeness (QED) is 0.546. The van der Waals surface area contributed by atoms with Gasteiger partial charge in [0, 0.05) is 6.42 Å². The van der Waals surface area contributed by atoms with Crippen LogP contribution in [0.5, 0.6) is 5.75 Å². The summed E-state index contributed by atoms with van der Waals surface area (Å²) in [4.78, 5) is 10.2. The van der Waals surface area contributed by atoms with Gasteiger partial charge in [-0.05, 0) is 30.0 Å². The Kier molecular flexibility index (Phi) is 4.35. The fourth-order valence-electron chi connectivity index (χ4n) is 1.35. The molecular weight excluding hydrogens is 188 g/mol. The van der Waals surface area contributed by atoms with E-state index < -0.39 is 0 Å². The highest BCUT2D eigenvalue weighted by atomic mass is 16.5. The molecule has 0 fully saturated rings. The molecule has 0 aliphatic carbocycles. The van der Waals surface area contributed by atoms with Gasteiger partial charge in [0.15, 0.2) is 0 Å². The molecule has 0 aromatic heterocycles. The normalized spacial score (nSPS) is 10.4. The molecule has 2 nitrogen and oxygen atoms in total. The Morgan fingerprint density at radius 1 is 1.40 bits per heavy atom. The van der Waals surface area contributed by atoms with Gasteiger partial charge in [0.1, 0.15) is 12.0 Å². The minimum Gasteiger partial charge on any atom is -0.493 e. The Hall–Kier alpha value is -1.31. The standard InChI is InChI=1S/C13H18O2/c1-10(2)12-6-5-11(3)13(9-12)15-8-4-7-14/h5-7,9-10H,4,8H2,1-3H3. The molecule has 2 heteroatoms. The van der Waals surface area contributed by atoms with Gasteiger partial charge in [-0.3, -0.25) is 0 Å². The van der Waals surface area contributed by atoms with E-state index in [0.29, 0.717) is 18.9 Å². The second kappa shape index (κ2) is 5.54. The molecule has 0 saturated carbocycles. The molecule has 0 aliphatic rings. The van der Waals surface area contributed by atoms with Crippen LogP contribution >= 0.6 is 0 Å². The van der Waals surface area contributed by atoms with Crippen molar-refractivity contribution in [3.63, 3.8) is 0 Å². The Bertz CT molecular complexity index is 329. The SMILES string of the molecule is Cc1ccc(C(C)C)cc1OCCC=O. The van der Waals surface area contributed by atoms with E-state index in [0.717, 1.165) is 17.6 Å². The molecule has 1 rings (SSSR count). The lowest BCUT2D eigenvalue weighted by Crippen LogP contribution is -2.00. The van der Waals surface area contributed by atoms with Crippen LogP contribution in [-0.4, -0.2) is 12.9 Å². The average Bonchev–Trinajstić information content (AvgIpc) is 2.20. The fourth-order valence-corrected chi connectivity index (χ4v) is 1.35. The first-order valence-electron chi connectivity index (χ1n) is 5.32. The summed E-state index contributed by atoms with van der Waals surface area (Å²) in [5.74, 6) is 1.39. The van der Waals surface area contributed by atoms with Crippen LogP contribution in [0.1, 0.15) is 37.3 Å². The first kappa shape index (κ1) is 11.8. The summed E-state index contributed by atoms with van der Waals surface area (Å²) in [5.41, 5.74) is 2.38. The lowest BCUT2D eigenvalue weighted by molar-refractivity contribution is -0.108. The number of aryl methyl sites for hydroxylation is 1. The van der Waals surface area contributed by atoms with E-state index >= 15 is 0 Å². The van der Waals surface area contributed by atoms with Crippen molar-refractivity contribution < 1.29 is 9.53 Å². The third kappa shape index (κ3) is 3.39. The van der Waals surface area contributed by atoms with Crippen molar-refractivity contribution in [3.8, 4) is 5.75 Å². The average molecular weight is 206 g/mol. The summed E-state index contributed by atoms with van der Waals surface area (Å²) in [7, 11) is 0. The van der Waals surface area contributed by atoms with Crippen molar-refractivity contribution in [2.75, 3.05) is 6.61 Å². The molecule has 15 heavy (non-hydrogen) atoms. The molecule has 0 heterocycles. The highest BCUT2D eigenvalue weighted by Crippen LogP contribution is 2.24. The molecule has 0 spiro atoms. The maximum Gasteiger partial charge on any atom is 0.123 e. The summed E-state index contributed by atoms with van der Waals surface area (Å²) in [6.45, 7) is 6.78. The number of aldehydes is 1. The Morgan fingerprint density at radius 3 is 2.73 bits per heavy atom. The van der Waals surface area contributed by atoms with Crippen molar-refractivity contribution in [2.24, 2.45) is 0 Å². The van der Waals surface area contributed by atoms with E-state index in [1.54, 1.807) is 0 Å². The van der Waals surface area contributed by atoms with Gasteiger partial charge in [0.2, 0.25) is 0 Å². The van der Waals surface area contributed by atoms with Gasteiger partial charge < -0.3 is 9.53 Å². The predicted molar refractivity (Wildman–Crippen MR) is 61.4 cm³/mol. The summed E-state index contributed by atoms with van der Waals surface area (Å²) < 4.78 is 5.54. The number of carbonyl (C=O) groups is 1. The van der Waals surface area contributed by atoms with E-state index in [-0.39, 0.29) is 0 Å². The molecular formula is C13H18O2. The van der Waals surface area contributed by atoms with Gasteiger partial charge in [0.25, 0.3) is 0 Å². The zero-order chi connectivity index (χ0) is 11.3. The van der Waals surface area contributed by atoms with Gasteiger partial charge in [-0.25, -0.2) is 0 Å². The van der Waals surface area contributed by atoms with Crippen molar-refractivity contribution in [1.82, 2.24) is 0 Å². The van der Waals surface area contributed by atoms with E-state index in [4.69, 9.17) is 4.74 Å². The van der Waals surface area contributed by atoms with Crippen LogP contribution < -0.4 is 4.74 Å². The molecule has 1 aromatic carbocycles. The predicted octanol–water partition coefficient (Wildman–Crippen LogP) is 3.09.